The van der Waals surface area contributed by atoms with Crippen LogP contribution in [0, 0.1) is 11.8 Å². The quantitative estimate of drug-likeness (QED) is 0.316. The number of carbonyl (C=O) groups excluding carboxylic acids is 4. The van der Waals surface area contributed by atoms with E-state index in [1.54, 1.807) is 6.07 Å². The van der Waals surface area contributed by atoms with Gasteiger partial charge < -0.3 is 25.5 Å². The van der Waals surface area contributed by atoms with Crippen LogP contribution >= 0.6 is 11.6 Å². The molecule has 3 unspecified atom stereocenters. The van der Waals surface area contributed by atoms with E-state index in [-0.39, 0.29) is 24.2 Å². The molecule has 0 spiro atoms. The lowest BCUT2D eigenvalue weighted by atomic mass is 9.84. The molecule has 40 heavy (non-hydrogen) atoms. The molecule has 2 aromatic rings. The van der Waals surface area contributed by atoms with Gasteiger partial charge in [0.15, 0.2) is 0 Å². The van der Waals surface area contributed by atoms with Gasteiger partial charge in [0, 0.05) is 23.9 Å². The molecule has 2 fully saturated rings. The molecule has 1 aliphatic carbocycles. The Labute approximate surface area is 240 Å². The molecule has 3 amide bonds. The fourth-order valence-corrected chi connectivity index (χ4v) is 5.89. The van der Waals surface area contributed by atoms with Crippen molar-refractivity contribution in [2.24, 2.45) is 11.8 Å². The van der Waals surface area contributed by atoms with Crippen LogP contribution in [0.3, 0.4) is 0 Å². The standard InChI is InChI=1S/C31H38ClN3O5/c32-25-13-7-10-22(16-25)18-28(23-11-5-2-6-12-23)40-31(39)35-27(17-21-8-3-1-4-9-21)30(38)34-26(20-36)19-24-14-15-33-29(24)37/h2,5-7,10-13,16,20-21,24,26-28H,1,3-4,8-9,14-15,17-19H2,(H,33,37)(H,34,38)(H,35,39)/t24-,26?,27?,28?/m0/s1. The number of aldehydes is 1. The van der Waals surface area contributed by atoms with Gasteiger partial charge in [-0.2, -0.15) is 0 Å². The minimum Gasteiger partial charge on any atom is -0.441 e. The van der Waals surface area contributed by atoms with Crippen LogP contribution in [0.4, 0.5) is 4.79 Å². The second-order valence-corrected chi connectivity index (χ2v) is 11.3. The van der Waals surface area contributed by atoms with Crippen LogP contribution in [0.15, 0.2) is 54.6 Å². The molecule has 1 aliphatic heterocycles. The molecule has 2 aliphatic rings. The average molecular weight is 568 g/mol. The van der Waals surface area contributed by atoms with Gasteiger partial charge in [0.25, 0.3) is 0 Å². The Morgan fingerprint density at radius 3 is 2.45 bits per heavy atom. The average Bonchev–Trinajstić information content (AvgIpc) is 3.36. The molecular formula is C31H38ClN3O5. The monoisotopic (exact) mass is 567 g/mol. The third-order valence-corrected chi connectivity index (χ3v) is 8.06. The maximum Gasteiger partial charge on any atom is 0.408 e. The summed E-state index contributed by atoms with van der Waals surface area (Å²) in [5.41, 5.74) is 1.73. The maximum atomic E-state index is 13.4. The molecule has 0 radical (unpaired) electrons. The Morgan fingerprint density at radius 1 is 1.00 bits per heavy atom. The van der Waals surface area contributed by atoms with Gasteiger partial charge in [-0.3, -0.25) is 9.59 Å². The maximum absolute atomic E-state index is 13.4. The fraction of sp³-hybridized carbons (Fsp3) is 0.484. The molecule has 1 saturated carbocycles. The summed E-state index contributed by atoms with van der Waals surface area (Å²) in [5.74, 6) is -0.572. The summed E-state index contributed by atoms with van der Waals surface area (Å²) in [6.45, 7) is 0.568. The fourth-order valence-electron chi connectivity index (χ4n) is 5.67. The van der Waals surface area contributed by atoms with Crippen molar-refractivity contribution in [3.05, 3.63) is 70.7 Å². The van der Waals surface area contributed by atoms with Crippen LogP contribution in [0.25, 0.3) is 0 Å². The van der Waals surface area contributed by atoms with Gasteiger partial charge >= 0.3 is 6.09 Å². The Morgan fingerprint density at radius 2 is 1.77 bits per heavy atom. The lowest BCUT2D eigenvalue weighted by Gasteiger charge is -2.28. The van der Waals surface area contributed by atoms with E-state index in [2.05, 4.69) is 16.0 Å². The predicted molar refractivity (Wildman–Crippen MR) is 153 cm³/mol. The Balaban J connectivity index is 1.45. The van der Waals surface area contributed by atoms with Crippen molar-refractivity contribution >= 4 is 35.8 Å². The van der Waals surface area contributed by atoms with E-state index in [0.717, 1.165) is 36.8 Å². The number of nitrogens with one attached hydrogen (secondary N) is 3. The third kappa shape index (κ3) is 8.81. The smallest absolute Gasteiger partial charge is 0.408 e. The summed E-state index contributed by atoms with van der Waals surface area (Å²) in [5, 5.41) is 8.92. The highest BCUT2D eigenvalue weighted by Crippen LogP contribution is 2.28. The zero-order valence-electron chi connectivity index (χ0n) is 22.7. The predicted octanol–water partition coefficient (Wildman–Crippen LogP) is 4.90. The van der Waals surface area contributed by atoms with E-state index in [1.807, 2.05) is 48.5 Å². The van der Waals surface area contributed by atoms with Crippen LogP contribution in [-0.2, 0) is 25.5 Å². The normalized spacial score (nSPS) is 19.6. The van der Waals surface area contributed by atoms with E-state index in [9.17, 15) is 19.2 Å². The molecule has 1 saturated heterocycles. The van der Waals surface area contributed by atoms with Gasteiger partial charge in [0.1, 0.15) is 18.4 Å². The van der Waals surface area contributed by atoms with Crippen LogP contribution in [0.5, 0.6) is 0 Å². The van der Waals surface area contributed by atoms with Gasteiger partial charge in [0.05, 0.1) is 6.04 Å². The van der Waals surface area contributed by atoms with Crippen LogP contribution in [0.2, 0.25) is 5.02 Å². The number of carbonyl (C=O) groups is 4. The Bertz CT molecular complexity index is 1150. The summed E-state index contributed by atoms with van der Waals surface area (Å²) >= 11 is 6.18. The molecule has 214 valence electrons. The van der Waals surface area contributed by atoms with Crippen molar-refractivity contribution in [1.82, 2.24) is 16.0 Å². The summed E-state index contributed by atoms with van der Waals surface area (Å²) in [4.78, 5) is 50.5. The highest BCUT2D eigenvalue weighted by Gasteiger charge is 2.32. The molecule has 2 aromatic carbocycles. The lowest BCUT2D eigenvalue weighted by Crippen LogP contribution is -2.51. The highest BCUT2D eigenvalue weighted by atomic mass is 35.5. The first-order valence-corrected chi connectivity index (χ1v) is 14.6. The van der Waals surface area contributed by atoms with Gasteiger partial charge in [-0.25, -0.2) is 4.79 Å². The number of benzene rings is 2. The summed E-state index contributed by atoms with van der Waals surface area (Å²) in [7, 11) is 0. The number of rotatable bonds is 12. The molecule has 8 nitrogen and oxygen atoms in total. The summed E-state index contributed by atoms with van der Waals surface area (Å²) < 4.78 is 5.91. The molecular weight excluding hydrogens is 530 g/mol. The number of amides is 3. The SMILES string of the molecule is O=CC(C[C@@H]1CCNC1=O)NC(=O)C(CC1CCCCC1)NC(=O)OC(Cc1cccc(Cl)c1)c1ccccc1. The first-order chi connectivity index (χ1) is 19.4. The zero-order chi connectivity index (χ0) is 28.3. The van der Waals surface area contributed by atoms with Crippen LogP contribution in [-0.4, -0.2) is 42.8 Å². The van der Waals surface area contributed by atoms with E-state index in [1.165, 1.54) is 6.42 Å². The number of hydrogen-bond donors (Lipinski definition) is 3. The lowest BCUT2D eigenvalue weighted by molar-refractivity contribution is -0.127. The first kappa shape index (κ1) is 29.6. The molecule has 4 rings (SSSR count). The number of halogens is 1. The third-order valence-electron chi connectivity index (χ3n) is 7.83. The topological polar surface area (TPSA) is 114 Å². The van der Waals surface area contributed by atoms with Crippen molar-refractivity contribution in [3.8, 4) is 0 Å². The highest BCUT2D eigenvalue weighted by molar-refractivity contribution is 6.30. The van der Waals surface area contributed by atoms with Crippen molar-refractivity contribution in [2.45, 2.75) is 76.0 Å². The molecule has 3 N–H and O–H groups in total. The zero-order valence-corrected chi connectivity index (χ0v) is 23.4. The van der Waals surface area contributed by atoms with E-state index in [0.29, 0.717) is 37.1 Å². The molecule has 0 bridgehead atoms. The number of hydrogen-bond acceptors (Lipinski definition) is 5. The minimum absolute atomic E-state index is 0.104. The van der Waals surface area contributed by atoms with Gasteiger partial charge in [-0.05, 0) is 48.4 Å². The van der Waals surface area contributed by atoms with E-state index >= 15 is 0 Å². The minimum atomic E-state index is -0.863. The second kappa shape index (κ2) is 14.8. The molecule has 9 heteroatoms. The number of alkyl carbamates (subject to hydrolysis) is 1. The molecule has 4 atom stereocenters. The van der Waals surface area contributed by atoms with Crippen LogP contribution in [0.1, 0.15) is 68.6 Å². The Hall–Kier alpha value is -3.39. The first-order valence-electron chi connectivity index (χ1n) is 14.2. The van der Waals surface area contributed by atoms with Crippen molar-refractivity contribution in [3.63, 3.8) is 0 Å². The number of ether oxygens (including phenoxy) is 1. The van der Waals surface area contributed by atoms with Gasteiger partial charge in [-0.1, -0.05) is 86.2 Å². The molecule has 0 aromatic heterocycles. The summed E-state index contributed by atoms with van der Waals surface area (Å²) in [6.07, 6.45) is 6.42. The van der Waals surface area contributed by atoms with Crippen molar-refractivity contribution < 1.29 is 23.9 Å². The van der Waals surface area contributed by atoms with Gasteiger partial charge in [-0.15, -0.1) is 0 Å². The molecule has 1 heterocycles. The van der Waals surface area contributed by atoms with Gasteiger partial charge in [0.2, 0.25) is 11.8 Å². The second-order valence-electron chi connectivity index (χ2n) is 10.8. The summed E-state index contributed by atoms with van der Waals surface area (Å²) in [6, 6.07) is 15.2. The van der Waals surface area contributed by atoms with E-state index < -0.39 is 30.2 Å². The largest absolute Gasteiger partial charge is 0.441 e. The van der Waals surface area contributed by atoms with Crippen LogP contribution < -0.4 is 16.0 Å². The Kier molecular flexibility index (Phi) is 11.0. The van der Waals surface area contributed by atoms with E-state index in [4.69, 9.17) is 16.3 Å². The van der Waals surface area contributed by atoms with Crippen molar-refractivity contribution in [2.75, 3.05) is 6.54 Å². The van der Waals surface area contributed by atoms with Crippen molar-refractivity contribution in [1.29, 1.82) is 0 Å².